The summed E-state index contributed by atoms with van der Waals surface area (Å²) in [7, 11) is 0. The van der Waals surface area contributed by atoms with Crippen molar-refractivity contribution in [2.45, 2.75) is 96.5 Å². The van der Waals surface area contributed by atoms with Crippen molar-refractivity contribution in [3.05, 3.63) is 34.9 Å². The number of aliphatic hydroxyl groups excluding tert-OH is 1. The third-order valence-electron chi connectivity index (χ3n) is 8.08. The van der Waals surface area contributed by atoms with Crippen molar-refractivity contribution in [2.24, 2.45) is 5.41 Å². The average Bonchev–Trinajstić information content (AvgIpc) is 2.70. The van der Waals surface area contributed by atoms with E-state index in [2.05, 4.69) is 13.8 Å². The molecule has 1 aliphatic heterocycles. The van der Waals surface area contributed by atoms with Crippen LogP contribution in [-0.4, -0.2) is 33.5 Å². The van der Waals surface area contributed by atoms with Gasteiger partial charge >= 0.3 is 5.97 Å². The lowest BCUT2D eigenvalue weighted by Crippen LogP contribution is -2.53. The summed E-state index contributed by atoms with van der Waals surface area (Å²) in [5.41, 5.74) is 0.625. The van der Waals surface area contributed by atoms with Crippen LogP contribution in [0.1, 0.15) is 96.6 Å². The van der Waals surface area contributed by atoms with Crippen LogP contribution in [0, 0.1) is 5.41 Å². The topological polar surface area (TPSA) is 87.0 Å². The molecule has 3 N–H and O–H groups in total. The van der Waals surface area contributed by atoms with Gasteiger partial charge in [0.1, 0.15) is 17.1 Å². The summed E-state index contributed by atoms with van der Waals surface area (Å²) in [5, 5.41) is 30.9. The van der Waals surface area contributed by atoms with Gasteiger partial charge < -0.3 is 20.1 Å². The Labute approximate surface area is 186 Å². The van der Waals surface area contributed by atoms with Gasteiger partial charge in [-0.25, -0.2) is 4.79 Å². The Morgan fingerprint density at radius 1 is 1.23 bits per heavy atom. The second-order valence-electron chi connectivity index (χ2n) is 10.5. The second-order valence-corrected chi connectivity index (χ2v) is 10.5. The van der Waals surface area contributed by atoms with E-state index in [0.717, 1.165) is 31.2 Å². The minimum Gasteiger partial charge on any atom is -0.508 e. The SMILES string of the molecule is CCCCCC[C@@](C)(CO)c1cc(O)c2c(c1)OC(C)(C)C1(C)CC=C(C(=O)O)C[C@@H]21. The van der Waals surface area contributed by atoms with E-state index in [1.165, 1.54) is 6.42 Å². The van der Waals surface area contributed by atoms with Gasteiger partial charge in [0.05, 0.1) is 6.61 Å². The molecule has 0 radical (unpaired) electrons. The molecule has 2 aliphatic rings. The number of hydrogen-bond acceptors (Lipinski definition) is 4. The van der Waals surface area contributed by atoms with E-state index in [9.17, 15) is 20.1 Å². The molecule has 1 aromatic rings. The average molecular weight is 431 g/mol. The number of fused-ring (bicyclic) bond motifs is 3. The van der Waals surface area contributed by atoms with Gasteiger partial charge in [0.15, 0.2) is 0 Å². The molecule has 31 heavy (non-hydrogen) atoms. The number of phenolic OH excluding ortho intramolecular Hbond substituents is 1. The number of carboxylic acids is 1. The molecule has 1 unspecified atom stereocenters. The summed E-state index contributed by atoms with van der Waals surface area (Å²) >= 11 is 0. The molecule has 0 spiro atoms. The first kappa shape index (κ1) is 23.6. The van der Waals surface area contributed by atoms with Gasteiger partial charge in [0.25, 0.3) is 0 Å². The summed E-state index contributed by atoms with van der Waals surface area (Å²) in [4.78, 5) is 11.7. The molecule has 1 aliphatic carbocycles. The number of ether oxygens (including phenoxy) is 1. The van der Waals surface area contributed by atoms with Gasteiger partial charge in [-0.3, -0.25) is 0 Å². The molecule has 5 nitrogen and oxygen atoms in total. The number of aromatic hydroxyl groups is 1. The van der Waals surface area contributed by atoms with Crippen LogP contribution in [0.3, 0.4) is 0 Å². The minimum absolute atomic E-state index is 0.00616. The van der Waals surface area contributed by atoms with Crippen LogP contribution in [0.5, 0.6) is 11.5 Å². The number of hydrogen-bond donors (Lipinski definition) is 3. The van der Waals surface area contributed by atoms with Crippen molar-refractivity contribution in [3.63, 3.8) is 0 Å². The summed E-state index contributed by atoms with van der Waals surface area (Å²) in [5.74, 6) is -0.299. The van der Waals surface area contributed by atoms with Crippen LogP contribution < -0.4 is 4.74 Å². The number of phenols is 1. The molecule has 3 rings (SSSR count). The lowest BCUT2D eigenvalue weighted by Gasteiger charge is -2.54. The fourth-order valence-electron chi connectivity index (χ4n) is 5.31. The van der Waals surface area contributed by atoms with Crippen LogP contribution in [0.4, 0.5) is 0 Å². The Bertz CT molecular complexity index is 871. The standard InChI is InChI=1S/C26H38O5/c1-6-7-8-9-11-25(4,16-27)18-14-20(28)22-19-13-17(23(29)30)10-12-26(19,5)24(2,3)31-21(22)15-18/h10,14-15,19,27-28H,6-9,11-13,16H2,1-5H3,(H,29,30)/t19-,25-,26?/m0/s1. The van der Waals surface area contributed by atoms with Crippen molar-refractivity contribution in [1.82, 2.24) is 0 Å². The molecule has 1 aromatic carbocycles. The van der Waals surface area contributed by atoms with E-state index in [0.29, 0.717) is 29.7 Å². The third-order valence-corrected chi connectivity index (χ3v) is 8.08. The van der Waals surface area contributed by atoms with E-state index in [1.807, 2.05) is 26.8 Å². The van der Waals surface area contributed by atoms with Crippen LogP contribution in [0.2, 0.25) is 0 Å². The highest BCUT2D eigenvalue weighted by atomic mass is 16.5. The number of carbonyl (C=O) groups is 1. The Kier molecular flexibility index (Phi) is 6.48. The summed E-state index contributed by atoms with van der Waals surface area (Å²) < 4.78 is 6.47. The molecular formula is C26H38O5. The molecule has 0 aromatic heterocycles. The molecule has 0 bridgehead atoms. The molecule has 0 saturated heterocycles. The predicted molar refractivity (Wildman–Crippen MR) is 122 cm³/mol. The molecule has 0 amide bonds. The molecule has 3 atom stereocenters. The lowest BCUT2D eigenvalue weighted by atomic mass is 9.56. The van der Waals surface area contributed by atoms with Gasteiger partial charge in [-0.05, 0) is 50.8 Å². The molecule has 0 saturated carbocycles. The van der Waals surface area contributed by atoms with Crippen molar-refractivity contribution in [3.8, 4) is 11.5 Å². The van der Waals surface area contributed by atoms with Gasteiger partial charge in [-0.15, -0.1) is 0 Å². The number of allylic oxidation sites excluding steroid dienone is 1. The molecule has 172 valence electrons. The second kappa shape index (κ2) is 8.50. The molecular weight excluding hydrogens is 392 g/mol. The minimum atomic E-state index is -0.899. The van der Waals surface area contributed by atoms with Crippen molar-refractivity contribution >= 4 is 5.97 Å². The number of benzene rings is 1. The summed E-state index contributed by atoms with van der Waals surface area (Å²) in [6.07, 6.45) is 8.06. The van der Waals surface area contributed by atoms with Crippen LogP contribution >= 0.6 is 0 Å². The van der Waals surface area contributed by atoms with Crippen LogP contribution in [0.15, 0.2) is 23.8 Å². The predicted octanol–water partition coefficient (Wildman–Crippen LogP) is 5.68. The molecule has 0 fully saturated rings. The number of rotatable bonds is 8. The van der Waals surface area contributed by atoms with Gasteiger partial charge in [0, 0.05) is 27.9 Å². The zero-order valence-electron chi connectivity index (χ0n) is 19.6. The maximum absolute atomic E-state index is 11.7. The zero-order valence-corrected chi connectivity index (χ0v) is 19.6. The maximum atomic E-state index is 11.7. The van der Waals surface area contributed by atoms with E-state index >= 15 is 0 Å². The fourth-order valence-corrected chi connectivity index (χ4v) is 5.31. The normalized spacial score (nSPS) is 26.1. The highest BCUT2D eigenvalue weighted by molar-refractivity contribution is 5.87. The number of carboxylic acid groups (broad SMARTS) is 1. The number of unbranched alkanes of at least 4 members (excludes halogenated alkanes) is 3. The van der Waals surface area contributed by atoms with Gasteiger partial charge in [0.2, 0.25) is 0 Å². The quantitative estimate of drug-likeness (QED) is 0.462. The highest BCUT2D eigenvalue weighted by Crippen LogP contribution is 2.61. The Balaban J connectivity index is 2.04. The van der Waals surface area contributed by atoms with Crippen molar-refractivity contribution in [1.29, 1.82) is 0 Å². The Morgan fingerprint density at radius 2 is 1.94 bits per heavy atom. The lowest BCUT2D eigenvalue weighted by molar-refractivity contribution is -0.133. The first-order valence-corrected chi connectivity index (χ1v) is 11.6. The third kappa shape index (κ3) is 4.09. The maximum Gasteiger partial charge on any atom is 0.331 e. The molecule has 5 heteroatoms. The number of aliphatic hydroxyl groups is 1. The van der Waals surface area contributed by atoms with E-state index in [-0.39, 0.29) is 23.7 Å². The summed E-state index contributed by atoms with van der Waals surface area (Å²) in [6, 6.07) is 3.72. The van der Waals surface area contributed by atoms with Crippen molar-refractivity contribution < 1.29 is 24.9 Å². The van der Waals surface area contributed by atoms with Gasteiger partial charge in [-0.1, -0.05) is 52.5 Å². The van der Waals surface area contributed by atoms with Crippen LogP contribution in [-0.2, 0) is 10.2 Å². The fraction of sp³-hybridized carbons (Fsp3) is 0.654. The molecule has 1 heterocycles. The van der Waals surface area contributed by atoms with E-state index in [4.69, 9.17) is 4.74 Å². The Morgan fingerprint density at radius 3 is 2.55 bits per heavy atom. The first-order chi connectivity index (χ1) is 14.5. The van der Waals surface area contributed by atoms with Gasteiger partial charge in [-0.2, -0.15) is 0 Å². The van der Waals surface area contributed by atoms with E-state index in [1.54, 1.807) is 12.1 Å². The number of aliphatic carboxylic acids is 1. The highest BCUT2D eigenvalue weighted by Gasteiger charge is 2.55. The Hall–Kier alpha value is -2.01. The van der Waals surface area contributed by atoms with Crippen LogP contribution in [0.25, 0.3) is 0 Å². The van der Waals surface area contributed by atoms with Crippen molar-refractivity contribution in [2.75, 3.05) is 6.61 Å². The smallest absolute Gasteiger partial charge is 0.331 e. The van der Waals surface area contributed by atoms with E-state index < -0.39 is 17.0 Å². The summed E-state index contributed by atoms with van der Waals surface area (Å²) in [6.45, 7) is 10.4. The largest absolute Gasteiger partial charge is 0.508 e. The first-order valence-electron chi connectivity index (χ1n) is 11.6. The zero-order chi connectivity index (χ0) is 23.0. The monoisotopic (exact) mass is 430 g/mol.